The molecule has 1 N–H and O–H groups in total. The van der Waals surface area contributed by atoms with Gasteiger partial charge in [-0.05, 0) is 34.3 Å². The fourth-order valence-corrected chi connectivity index (χ4v) is 4.07. The second-order valence-corrected chi connectivity index (χ2v) is 11.1. The Hall–Kier alpha value is -1.88. The van der Waals surface area contributed by atoms with Crippen molar-refractivity contribution >= 4 is 11.8 Å². The minimum Gasteiger partial charge on any atom is -0.395 e. The third-order valence-corrected chi connectivity index (χ3v) is 5.94. The molecule has 0 aliphatic heterocycles. The number of rotatable bonds is 11. The van der Waals surface area contributed by atoms with Gasteiger partial charge in [0.15, 0.2) is 0 Å². The molecule has 0 radical (unpaired) electrons. The van der Waals surface area contributed by atoms with Crippen LogP contribution in [0.4, 0.5) is 0 Å². The quantitative estimate of drug-likeness (QED) is 0.507. The molecule has 0 aromatic heterocycles. The smallest absolute Gasteiger partial charge is 0.222 e. The van der Waals surface area contributed by atoms with Crippen molar-refractivity contribution in [3.05, 3.63) is 35.4 Å². The fourth-order valence-electron chi connectivity index (χ4n) is 4.07. The van der Waals surface area contributed by atoms with Crippen molar-refractivity contribution < 1.29 is 14.7 Å². The van der Waals surface area contributed by atoms with Crippen molar-refractivity contribution in [2.24, 2.45) is 10.8 Å². The molecule has 0 fully saturated rings. The Balaban J connectivity index is 2.97. The van der Waals surface area contributed by atoms with Gasteiger partial charge >= 0.3 is 0 Å². The van der Waals surface area contributed by atoms with E-state index in [-0.39, 0.29) is 29.3 Å². The van der Waals surface area contributed by atoms with Crippen molar-refractivity contribution in [2.45, 2.75) is 87.1 Å². The molecule has 0 heterocycles. The summed E-state index contributed by atoms with van der Waals surface area (Å²) in [5.74, 6) is 0.527. The van der Waals surface area contributed by atoms with E-state index >= 15 is 0 Å². The third-order valence-electron chi connectivity index (χ3n) is 5.94. The Morgan fingerprint density at radius 2 is 1.34 bits per heavy atom. The molecule has 32 heavy (non-hydrogen) atoms. The summed E-state index contributed by atoms with van der Waals surface area (Å²) < 4.78 is 0. The lowest BCUT2D eigenvalue weighted by Crippen LogP contribution is -2.41. The van der Waals surface area contributed by atoms with E-state index in [9.17, 15) is 14.7 Å². The van der Waals surface area contributed by atoms with Crippen LogP contribution >= 0.6 is 0 Å². The van der Waals surface area contributed by atoms with Gasteiger partial charge in [-0.1, -0.05) is 79.7 Å². The summed E-state index contributed by atoms with van der Waals surface area (Å²) in [5.41, 5.74) is 2.85. The number of amides is 2. The summed E-state index contributed by atoms with van der Waals surface area (Å²) in [7, 11) is 0. The molecule has 0 saturated carbocycles. The van der Waals surface area contributed by atoms with Crippen LogP contribution < -0.4 is 0 Å². The highest BCUT2D eigenvalue weighted by Crippen LogP contribution is 2.43. The lowest BCUT2D eigenvalue weighted by molar-refractivity contribution is -0.135. The summed E-state index contributed by atoms with van der Waals surface area (Å²) in [5, 5.41) is 9.26. The maximum absolute atomic E-state index is 12.6. The molecule has 2 amide bonds. The van der Waals surface area contributed by atoms with Gasteiger partial charge in [-0.3, -0.25) is 9.59 Å². The Morgan fingerprint density at radius 1 is 0.844 bits per heavy atom. The highest BCUT2D eigenvalue weighted by molar-refractivity contribution is 5.77. The maximum atomic E-state index is 12.6. The van der Waals surface area contributed by atoms with Gasteiger partial charge < -0.3 is 14.9 Å². The van der Waals surface area contributed by atoms with Crippen molar-refractivity contribution in [3.63, 3.8) is 0 Å². The summed E-state index contributed by atoms with van der Waals surface area (Å²) >= 11 is 0. The van der Waals surface area contributed by atoms with Gasteiger partial charge in [0.2, 0.25) is 11.8 Å². The molecule has 182 valence electrons. The number of aliphatic hydroxyl groups excluding tert-OH is 1. The molecular weight excluding hydrogens is 400 g/mol. The topological polar surface area (TPSA) is 60.9 Å². The Morgan fingerprint density at radius 3 is 1.78 bits per heavy atom. The zero-order valence-electron chi connectivity index (χ0n) is 21.7. The van der Waals surface area contributed by atoms with Crippen LogP contribution in [0.15, 0.2) is 24.3 Å². The van der Waals surface area contributed by atoms with Gasteiger partial charge in [0.25, 0.3) is 0 Å². The minimum atomic E-state index is -0.0710. The zero-order chi connectivity index (χ0) is 24.5. The largest absolute Gasteiger partial charge is 0.395 e. The number of carbonyl (C=O) groups is 2. The second kappa shape index (κ2) is 12.4. The summed E-state index contributed by atoms with van der Waals surface area (Å²) in [6, 6.07) is 8.69. The first kappa shape index (κ1) is 28.2. The minimum absolute atomic E-state index is 0.000583. The van der Waals surface area contributed by atoms with E-state index in [1.165, 1.54) is 5.56 Å². The van der Waals surface area contributed by atoms with E-state index < -0.39 is 0 Å². The predicted octanol–water partition coefficient (Wildman–Crippen LogP) is 5.22. The van der Waals surface area contributed by atoms with E-state index in [2.05, 4.69) is 65.8 Å². The van der Waals surface area contributed by atoms with Crippen molar-refractivity contribution in [1.82, 2.24) is 9.80 Å². The van der Waals surface area contributed by atoms with Gasteiger partial charge in [0.1, 0.15) is 0 Å². The molecule has 1 unspecified atom stereocenters. The van der Waals surface area contributed by atoms with Gasteiger partial charge in [-0.15, -0.1) is 0 Å². The maximum Gasteiger partial charge on any atom is 0.222 e. The molecule has 5 nitrogen and oxygen atoms in total. The van der Waals surface area contributed by atoms with E-state index in [1.807, 2.05) is 18.7 Å². The predicted molar refractivity (Wildman–Crippen MR) is 132 cm³/mol. The van der Waals surface area contributed by atoms with E-state index in [0.29, 0.717) is 44.9 Å². The lowest BCUT2D eigenvalue weighted by Gasteiger charge is -2.36. The molecule has 1 atom stereocenters. The SMILES string of the molecule is CCC(=O)N(CCO)CCN(Cc1ccc(C(CC(C)(C)C)C(C)(C)C)cc1)C(=O)CC. The number of hydrogen-bond donors (Lipinski definition) is 1. The number of nitrogens with zero attached hydrogens (tertiary/aromatic N) is 2. The monoisotopic (exact) mass is 446 g/mol. The number of hydrogen-bond acceptors (Lipinski definition) is 3. The van der Waals surface area contributed by atoms with Crippen LogP contribution in [0.3, 0.4) is 0 Å². The third kappa shape index (κ3) is 9.32. The standard InChI is InChI=1S/C27H46N2O3/c1-9-24(31)28(17-18-30)15-16-29(25(32)10-2)20-21-11-13-22(14-12-21)23(27(6,7)8)19-26(3,4)5/h11-14,23,30H,9-10,15-20H2,1-8H3. The van der Waals surface area contributed by atoms with Crippen LogP contribution in [0.2, 0.25) is 0 Å². The zero-order valence-corrected chi connectivity index (χ0v) is 21.7. The molecule has 1 rings (SSSR count). The van der Waals surface area contributed by atoms with Crippen molar-refractivity contribution in [1.29, 1.82) is 0 Å². The van der Waals surface area contributed by atoms with Crippen LogP contribution in [0.25, 0.3) is 0 Å². The van der Waals surface area contributed by atoms with Gasteiger partial charge in [-0.25, -0.2) is 0 Å². The first-order valence-corrected chi connectivity index (χ1v) is 12.1. The highest BCUT2D eigenvalue weighted by atomic mass is 16.3. The number of aliphatic hydroxyl groups is 1. The molecule has 0 aliphatic carbocycles. The Bertz CT molecular complexity index is 714. The summed E-state index contributed by atoms with van der Waals surface area (Å²) in [6.07, 6.45) is 1.94. The van der Waals surface area contributed by atoms with Gasteiger partial charge in [-0.2, -0.15) is 0 Å². The molecule has 1 aromatic carbocycles. The normalized spacial score (nSPS) is 13.0. The average molecular weight is 447 g/mol. The molecule has 0 saturated heterocycles. The Kier molecular flexibility index (Phi) is 10.9. The van der Waals surface area contributed by atoms with E-state index in [1.54, 1.807) is 4.90 Å². The van der Waals surface area contributed by atoms with Crippen LogP contribution in [-0.2, 0) is 16.1 Å². The number of benzene rings is 1. The first-order valence-electron chi connectivity index (χ1n) is 12.1. The number of carbonyl (C=O) groups excluding carboxylic acids is 2. The average Bonchev–Trinajstić information content (AvgIpc) is 2.72. The summed E-state index contributed by atoms with van der Waals surface area (Å²) in [4.78, 5) is 28.1. The van der Waals surface area contributed by atoms with Crippen LogP contribution in [-0.4, -0.2) is 53.0 Å². The fraction of sp³-hybridized carbons (Fsp3) is 0.704. The van der Waals surface area contributed by atoms with Crippen molar-refractivity contribution in [3.8, 4) is 0 Å². The van der Waals surface area contributed by atoms with Crippen LogP contribution in [0.1, 0.15) is 91.7 Å². The molecule has 1 aromatic rings. The Labute approximate surface area is 196 Å². The molecule has 0 spiro atoms. The summed E-state index contributed by atoms with van der Waals surface area (Å²) in [6.45, 7) is 19.1. The van der Waals surface area contributed by atoms with Crippen LogP contribution in [0.5, 0.6) is 0 Å². The van der Waals surface area contributed by atoms with Crippen LogP contribution in [0, 0.1) is 10.8 Å². The molecular formula is C27H46N2O3. The van der Waals surface area contributed by atoms with E-state index in [0.717, 1.165) is 12.0 Å². The molecule has 0 bridgehead atoms. The van der Waals surface area contributed by atoms with Gasteiger partial charge in [0, 0.05) is 39.0 Å². The second-order valence-electron chi connectivity index (χ2n) is 11.1. The van der Waals surface area contributed by atoms with Gasteiger partial charge in [0.05, 0.1) is 6.61 Å². The van der Waals surface area contributed by atoms with Crippen molar-refractivity contribution in [2.75, 3.05) is 26.2 Å². The van der Waals surface area contributed by atoms with E-state index in [4.69, 9.17) is 0 Å². The molecule has 5 heteroatoms. The highest BCUT2D eigenvalue weighted by Gasteiger charge is 2.30. The lowest BCUT2D eigenvalue weighted by atomic mass is 9.69. The first-order chi connectivity index (χ1) is 14.8. The molecule has 0 aliphatic rings.